The molecule has 1 unspecified atom stereocenters. The molecule has 1 heterocycles. The van der Waals surface area contributed by atoms with Crippen molar-refractivity contribution in [2.24, 2.45) is 5.41 Å². The standard InChI is InChI=1S/C12H16N2O5/c1-4-6-12(3)9(16)13-11(18)14(10(12)17)7-8(15)19-5-2/h4H,1,5-7H2,2-3H3,(H,13,16,18). The van der Waals surface area contributed by atoms with Gasteiger partial charge in [0.05, 0.1) is 6.61 Å². The Labute approximate surface area is 110 Å². The highest BCUT2D eigenvalue weighted by atomic mass is 16.5. The Morgan fingerprint density at radius 2 is 2.11 bits per heavy atom. The Bertz CT molecular complexity index is 445. The molecule has 4 amide bonds. The Kier molecular flexibility index (Phi) is 4.42. The zero-order valence-corrected chi connectivity index (χ0v) is 10.9. The fourth-order valence-electron chi connectivity index (χ4n) is 1.74. The number of imide groups is 2. The van der Waals surface area contributed by atoms with Crippen molar-refractivity contribution in [3.8, 4) is 0 Å². The zero-order chi connectivity index (χ0) is 14.6. The van der Waals surface area contributed by atoms with Crippen LogP contribution in [0.2, 0.25) is 0 Å². The molecule has 7 nitrogen and oxygen atoms in total. The molecular formula is C12H16N2O5. The summed E-state index contributed by atoms with van der Waals surface area (Å²) in [5, 5.41) is 2.05. The minimum Gasteiger partial charge on any atom is -0.465 e. The number of nitrogens with one attached hydrogen (secondary N) is 1. The van der Waals surface area contributed by atoms with E-state index in [-0.39, 0.29) is 13.0 Å². The van der Waals surface area contributed by atoms with Crippen LogP contribution in [0.1, 0.15) is 20.3 Å². The normalized spacial score (nSPS) is 23.1. The molecule has 0 aromatic rings. The first-order valence-corrected chi connectivity index (χ1v) is 5.80. The van der Waals surface area contributed by atoms with Crippen LogP contribution >= 0.6 is 0 Å². The lowest BCUT2D eigenvalue weighted by Crippen LogP contribution is -2.63. The van der Waals surface area contributed by atoms with Gasteiger partial charge in [0.1, 0.15) is 12.0 Å². The third kappa shape index (κ3) is 2.81. The zero-order valence-electron chi connectivity index (χ0n) is 10.9. The van der Waals surface area contributed by atoms with Crippen LogP contribution in [0.3, 0.4) is 0 Å². The van der Waals surface area contributed by atoms with Gasteiger partial charge >= 0.3 is 12.0 Å². The first-order chi connectivity index (χ1) is 8.86. The van der Waals surface area contributed by atoms with Gasteiger partial charge in [-0.05, 0) is 20.3 Å². The molecule has 0 aliphatic carbocycles. The van der Waals surface area contributed by atoms with Gasteiger partial charge in [0.15, 0.2) is 0 Å². The summed E-state index contributed by atoms with van der Waals surface area (Å²) in [6, 6.07) is -0.912. The van der Waals surface area contributed by atoms with Crippen LogP contribution in [0, 0.1) is 5.41 Å². The number of rotatable bonds is 5. The number of allylic oxidation sites excluding steroid dienone is 1. The van der Waals surface area contributed by atoms with Crippen LogP contribution in [-0.4, -0.2) is 41.9 Å². The van der Waals surface area contributed by atoms with Crippen molar-refractivity contribution in [3.63, 3.8) is 0 Å². The van der Waals surface area contributed by atoms with Gasteiger partial charge in [-0.25, -0.2) is 4.79 Å². The molecule has 1 N–H and O–H groups in total. The number of carbonyl (C=O) groups is 4. The molecule has 19 heavy (non-hydrogen) atoms. The van der Waals surface area contributed by atoms with Crippen molar-refractivity contribution < 1.29 is 23.9 Å². The number of barbiturate groups is 1. The van der Waals surface area contributed by atoms with E-state index < -0.39 is 35.8 Å². The van der Waals surface area contributed by atoms with Gasteiger partial charge in [-0.1, -0.05) is 6.08 Å². The molecule has 1 rings (SSSR count). The number of hydrogen-bond acceptors (Lipinski definition) is 5. The third-order valence-corrected chi connectivity index (χ3v) is 2.83. The minimum atomic E-state index is -1.43. The lowest BCUT2D eigenvalue weighted by Gasteiger charge is -2.35. The summed E-state index contributed by atoms with van der Waals surface area (Å²) in [4.78, 5) is 47.5. The van der Waals surface area contributed by atoms with Gasteiger partial charge in [-0.3, -0.25) is 24.6 Å². The number of carbonyl (C=O) groups excluding carboxylic acids is 4. The third-order valence-electron chi connectivity index (χ3n) is 2.83. The van der Waals surface area contributed by atoms with Gasteiger partial charge in [0.25, 0.3) is 0 Å². The maximum absolute atomic E-state index is 12.2. The Morgan fingerprint density at radius 1 is 1.47 bits per heavy atom. The summed E-state index contributed by atoms with van der Waals surface area (Å²) in [5.74, 6) is -2.13. The fraction of sp³-hybridized carbons (Fsp3) is 0.500. The van der Waals surface area contributed by atoms with Crippen molar-refractivity contribution in [1.29, 1.82) is 0 Å². The summed E-state index contributed by atoms with van der Waals surface area (Å²) >= 11 is 0. The average molecular weight is 268 g/mol. The van der Waals surface area contributed by atoms with Crippen molar-refractivity contribution in [1.82, 2.24) is 10.2 Å². The molecular weight excluding hydrogens is 252 g/mol. The Balaban J connectivity index is 2.95. The molecule has 0 spiro atoms. The van der Waals surface area contributed by atoms with Crippen LogP contribution in [-0.2, 0) is 19.1 Å². The molecule has 0 bridgehead atoms. The van der Waals surface area contributed by atoms with Crippen LogP contribution in [0.5, 0.6) is 0 Å². The number of amides is 4. The second-order valence-electron chi connectivity index (χ2n) is 4.28. The van der Waals surface area contributed by atoms with Gasteiger partial charge in [0, 0.05) is 0 Å². The maximum atomic E-state index is 12.2. The molecule has 0 radical (unpaired) electrons. The van der Waals surface area contributed by atoms with Crippen LogP contribution in [0.4, 0.5) is 4.79 Å². The highest BCUT2D eigenvalue weighted by Crippen LogP contribution is 2.28. The summed E-state index contributed by atoms with van der Waals surface area (Å²) in [6.45, 7) is 6.12. The van der Waals surface area contributed by atoms with Gasteiger partial charge < -0.3 is 4.74 Å². The number of esters is 1. The Morgan fingerprint density at radius 3 is 2.63 bits per heavy atom. The van der Waals surface area contributed by atoms with E-state index in [4.69, 9.17) is 0 Å². The predicted molar refractivity (Wildman–Crippen MR) is 64.8 cm³/mol. The molecule has 1 saturated heterocycles. The molecule has 1 fully saturated rings. The average Bonchev–Trinajstić information content (AvgIpc) is 2.33. The topological polar surface area (TPSA) is 92.8 Å². The SMILES string of the molecule is C=CCC1(C)C(=O)NC(=O)N(CC(=O)OCC)C1=O. The van der Waals surface area contributed by atoms with Gasteiger partial charge in [-0.15, -0.1) is 6.58 Å². The molecule has 7 heteroatoms. The number of urea groups is 1. The van der Waals surface area contributed by atoms with E-state index in [2.05, 4.69) is 16.6 Å². The van der Waals surface area contributed by atoms with Crippen molar-refractivity contribution in [2.75, 3.05) is 13.2 Å². The lowest BCUT2D eigenvalue weighted by atomic mass is 9.82. The van der Waals surface area contributed by atoms with Crippen molar-refractivity contribution in [3.05, 3.63) is 12.7 Å². The van der Waals surface area contributed by atoms with Crippen LogP contribution in [0.15, 0.2) is 12.7 Å². The summed E-state index contributed by atoms with van der Waals surface area (Å²) < 4.78 is 4.68. The van der Waals surface area contributed by atoms with E-state index in [0.29, 0.717) is 4.90 Å². The van der Waals surface area contributed by atoms with E-state index in [1.54, 1.807) is 6.92 Å². The highest BCUT2D eigenvalue weighted by Gasteiger charge is 2.50. The van der Waals surface area contributed by atoms with Crippen molar-refractivity contribution >= 4 is 23.8 Å². The number of ether oxygens (including phenoxy) is 1. The smallest absolute Gasteiger partial charge is 0.331 e. The van der Waals surface area contributed by atoms with E-state index >= 15 is 0 Å². The Hall–Kier alpha value is -2.18. The van der Waals surface area contributed by atoms with Gasteiger partial charge in [-0.2, -0.15) is 0 Å². The van der Waals surface area contributed by atoms with Crippen molar-refractivity contribution in [2.45, 2.75) is 20.3 Å². The molecule has 0 saturated carbocycles. The maximum Gasteiger partial charge on any atom is 0.331 e. The first-order valence-electron chi connectivity index (χ1n) is 5.80. The van der Waals surface area contributed by atoms with Crippen LogP contribution in [0.25, 0.3) is 0 Å². The monoisotopic (exact) mass is 268 g/mol. The van der Waals surface area contributed by atoms with Crippen LogP contribution < -0.4 is 5.32 Å². The highest BCUT2D eigenvalue weighted by molar-refractivity contribution is 6.19. The quantitative estimate of drug-likeness (QED) is 0.437. The number of hydrogen-bond donors (Lipinski definition) is 1. The second kappa shape index (κ2) is 5.64. The van der Waals surface area contributed by atoms with E-state index in [1.807, 2.05) is 0 Å². The van der Waals surface area contributed by atoms with E-state index in [1.165, 1.54) is 13.0 Å². The van der Waals surface area contributed by atoms with E-state index in [0.717, 1.165) is 0 Å². The fourth-order valence-corrected chi connectivity index (χ4v) is 1.74. The summed E-state index contributed by atoms with van der Waals surface area (Å²) in [5.41, 5.74) is -1.43. The minimum absolute atomic E-state index is 0.0737. The molecule has 0 aromatic carbocycles. The first kappa shape index (κ1) is 14.9. The molecule has 1 aliphatic heterocycles. The second-order valence-corrected chi connectivity index (χ2v) is 4.28. The molecule has 0 aromatic heterocycles. The van der Waals surface area contributed by atoms with E-state index in [9.17, 15) is 19.2 Å². The molecule has 1 aliphatic rings. The lowest BCUT2D eigenvalue weighted by molar-refractivity contribution is -0.156. The summed E-state index contributed by atoms with van der Waals surface area (Å²) in [7, 11) is 0. The predicted octanol–water partition coefficient (Wildman–Crippen LogP) is 0.210. The van der Waals surface area contributed by atoms with Gasteiger partial charge in [0.2, 0.25) is 11.8 Å². The molecule has 104 valence electrons. The number of nitrogens with zero attached hydrogens (tertiary/aromatic N) is 1. The summed E-state index contributed by atoms with van der Waals surface area (Å²) in [6.07, 6.45) is 1.49. The molecule has 1 atom stereocenters. The largest absolute Gasteiger partial charge is 0.465 e.